The van der Waals surface area contributed by atoms with Crippen LogP contribution >= 0.6 is 0 Å². The first kappa shape index (κ1) is 18.8. The lowest BCUT2D eigenvalue weighted by molar-refractivity contribution is -0.384. The Hall–Kier alpha value is -2.55. The van der Waals surface area contributed by atoms with E-state index in [0.29, 0.717) is 0 Å². The Labute approximate surface area is 163 Å². The average Bonchev–Trinajstić information content (AvgIpc) is 3.22. The van der Waals surface area contributed by atoms with Crippen molar-refractivity contribution in [3.63, 3.8) is 0 Å². The number of benzene rings is 2. The van der Waals surface area contributed by atoms with Gasteiger partial charge < -0.3 is 0 Å². The fraction of sp³-hybridized carbons (Fsp3) is 0.300. The summed E-state index contributed by atoms with van der Waals surface area (Å²) in [6.07, 6.45) is 6.33. The normalized spacial score (nSPS) is 22.1. The molecule has 0 spiro atoms. The summed E-state index contributed by atoms with van der Waals surface area (Å²) in [7, 11) is -3.84. The lowest BCUT2D eigenvalue weighted by Crippen LogP contribution is -2.45. The highest BCUT2D eigenvalue weighted by molar-refractivity contribution is 7.89. The SMILES string of the molecule is O=[N+]([O-])c1ccc(S(=O)(=O)N[C@@H]2c3ccccc3C=C[C@H]2N2CCCC2)cc1. The second-order valence-corrected chi connectivity index (χ2v) is 8.79. The minimum absolute atomic E-state index is 0.0188. The highest BCUT2D eigenvalue weighted by Crippen LogP contribution is 2.34. The second kappa shape index (κ2) is 7.46. The van der Waals surface area contributed by atoms with Crippen molar-refractivity contribution >= 4 is 21.8 Å². The third-order valence-electron chi connectivity index (χ3n) is 5.35. The number of nitro benzene ring substituents is 1. The largest absolute Gasteiger partial charge is 0.295 e. The maximum atomic E-state index is 13.0. The van der Waals surface area contributed by atoms with E-state index >= 15 is 0 Å². The Morgan fingerprint density at radius 3 is 2.39 bits per heavy atom. The van der Waals surface area contributed by atoms with Crippen LogP contribution in [0, 0.1) is 10.1 Å². The number of non-ortho nitro benzene ring substituents is 1. The molecular weight excluding hydrogens is 378 g/mol. The summed E-state index contributed by atoms with van der Waals surface area (Å²) in [6, 6.07) is 12.2. The van der Waals surface area contributed by atoms with Crippen LogP contribution in [0.4, 0.5) is 5.69 Å². The van der Waals surface area contributed by atoms with Gasteiger partial charge in [0.15, 0.2) is 0 Å². The molecule has 0 radical (unpaired) electrons. The summed E-state index contributed by atoms with van der Waals surface area (Å²) >= 11 is 0. The van der Waals surface area contributed by atoms with Crippen molar-refractivity contribution in [1.82, 2.24) is 9.62 Å². The third kappa shape index (κ3) is 3.58. The van der Waals surface area contributed by atoms with Gasteiger partial charge in [0.25, 0.3) is 5.69 Å². The maximum absolute atomic E-state index is 13.0. The summed E-state index contributed by atoms with van der Waals surface area (Å²) < 4.78 is 28.9. The molecule has 1 N–H and O–H groups in total. The zero-order chi connectivity index (χ0) is 19.7. The summed E-state index contributed by atoms with van der Waals surface area (Å²) in [6.45, 7) is 1.87. The van der Waals surface area contributed by atoms with Gasteiger partial charge in [-0.2, -0.15) is 0 Å². The third-order valence-corrected chi connectivity index (χ3v) is 6.80. The number of nitro groups is 1. The molecule has 0 unspecified atom stereocenters. The van der Waals surface area contributed by atoms with Crippen LogP contribution in [0.25, 0.3) is 6.08 Å². The predicted octanol–water partition coefficient (Wildman–Crippen LogP) is 3.11. The van der Waals surface area contributed by atoms with E-state index in [-0.39, 0.29) is 16.6 Å². The topological polar surface area (TPSA) is 92.5 Å². The van der Waals surface area contributed by atoms with E-state index in [1.165, 1.54) is 24.3 Å². The van der Waals surface area contributed by atoms with Crippen LogP contribution in [0.2, 0.25) is 0 Å². The molecule has 7 nitrogen and oxygen atoms in total. The fourth-order valence-electron chi connectivity index (χ4n) is 3.93. The summed E-state index contributed by atoms with van der Waals surface area (Å²) in [5.74, 6) is 0. The van der Waals surface area contributed by atoms with Crippen LogP contribution in [-0.4, -0.2) is 37.4 Å². The quantitative estimate of drug-likeness (QED) is 0.616. The number of likely N-dealkylation sites (tertiary alicyclic amines) is 1. The van der Waals surface area contributed by atoms with E-state index in [4.69, 9.17) is 0 Å². The van der Waals surface area contributed by atoms with E-state index in [1.54, 1.807) is 0 Å². The Morgan fingerprint density at radius 1 is 1.04 bits per heavy atom. The van der Waals surface area contributed by atoms with Crippen LogP contribution in [0.3, 0.4) is 0 Å². The van der Waals surface area contributed by atoms with Crippen LogP contribution < -0.4 is 4.72 Å². The van der Waals surface area contributed by atoms with Crippen molar-refractivity contribution in [2.24, 2.45) is 0 Å². The summed E-state index contributed by atoms with van der Waals surface area (Å²) in [5.41, 5.74) is 1.79. The molecule has 8 heteroatoms. The average molecular weight is 399 g/mol. The maximum Gasteiger partial charge on any atom is 0.269 e. The number of nitrogens with zero attached hydrogens (tertiary/aromatic N) is 2. The molecule has 2 aliphatic rings. The van der Waals surface area contributed by atoms with Gasteiger partial charge in [0.05, 0.1) is 15.9 Å². The molecule has 2 aromatic carbocycles. The van der Waals surface area contributed by atoms with Gasteiger partial charge in [0.2, 0.25) is 10.0 Å². The first-order valence-corrected chi connectivity index (χ1v) is 10.7. The van der Waals surface area contributed by atoms with Gasteiger partial charge in [-0.05, 0) is 49.2 Å². The van der Waals surface area contributed by atoms with E-state index in [1.807, 2.05) is 24.3 Å². The van der Waals surface area contributed by atoms with Gasteiger partial charge in [-0.1, -0.05) is 36.4 Å². The number of nitrogens with one attached hydrogen (secondary N) is 1. The van der Waals surface area contributed by atoms with E-state index in [0.717, 1.165) is 37.1 Å². The van der Waals surface area contributed by atoms with Crippen molar-refractivity contribution in [2.45, 2.75) is 29.8 Å². The minimum Gasteiger partial charge on any atom is -0.295 e. The van der Waals surface area contributed by atoms with Crippen LogP contribution in [0.15, 0.2) is 59.5 Å². The van der Waals surface area contributed by atoms with E-state index in [2.05, 4.69) is 21.8 Å². The molecule has 0 aromatic heterocycles. The molecule has 0 saturated carbocycles. The number of hydrogen-bond donors (Lipinski definition) is 1. The standard InChI is InChI=1S/C20H21N3O4S/c24-23(25)16-8-10-17(11-9-16)28(26,27)21-20-18-6-2-1-5-15(18)7-12-19(20)22-13-3-4-14-22/h1-2,5-12,19-21H,3-4,13-14H2/t19-,20-/m1/s1. The number of sulfonamides is 1. The smallest absolute Gasteiger partial charge is 0.269 e. The highest BCUT2D eigenvalue weighted by Gasteiger charge is 2.35. The van der Waals surface area contributed by atoms with Crippen molar-refractivity contribution in [3.05, 3.63) is 75.8 Å². The fourth-order valence-corrected chi connectivity index (χ4v) is 5.16. The number of hydrogen-bond acceptors (Lipinski definition) is 5. The molecule has 2 atom stereocenters. The second-order valence-electron chi connectivity index (χ2n) is 7.07. The van der Waals surface area contributed by atoms with Gasteiger partial charge in [0.1, 0.15) is 0 Å². The number of rotatable bonds is 5. The van der Waals surface area contributed by atoms with Crippen LogP contribution in [-0.2, 0) is 10.0 Å². The van der Waals surface area contributed by atoms with Gasteiger partial charge in [0, 0.05) is 18.2 Å². The molecule has 4 rings (SSSR count). The Kier molecular flexibility index (Phi) is 5.01. The van der Waals surface area contributed by atoms with Gasteiger partial charge in [-0.3, -0.25) is 15.0 Å². The van der Waals surface area contributed by atoms with Crippen LogP contribution in [0.5, 0.6) is 0 Å². The Morgan fingerprint density at radius 2 is 1.71 bits per heavy atom. The lowest BCUT2D eigenvalue weighted by Gasteiger charge is -2.36. The van der Waals surface area contributed by atoms with Crippen molar-refractivity contribution in [2.75, 3.05) is 13.1 Å². The predicted molar refractivity (Wildman–Crippen MR) is 106 cm³/mol. The zero-order valence-electron chi connectivity index (χ0n) is 15.2. The molecule has 1 aliphatic carbocycles. The van der Waals surface area contributed by atoms with Gasteiger partial charge >= 0.3 is 0 Å². The summed E-state index contributed by atoms with van der Waals surface area (Å²) in [5, 5.41) is 10.8. The molecule has 0 bridgehead atoms. The molecule has 1 aliphatic heterocycles. The Bertz CT molecular complexity index is 1010. The molecule has 146 valence electrons. The highest BCUT2D eigenvalue weighted by atomic mass is 32.2. The molecule has 1 heterocycles. The minimum atomic E-state index is -3.84. The molecule has 0 amide bonds. The molecule has 1 fully saturated rings. The Balaban J connectivity index is 1.67. The van der Waals surface area contributed by atoms with Crippen LogP contribution in [0.1, 0.15) is 30.0 Å². The first-order chi connectivity index (χ1) is 13.5. The summed E-state index contributed by atoms with van der Waals surface area (Å²) in [4.78, 5) is 12.6. The first-order valence-electron chi connectivity index (χ1n) is 9.24. The van der Waals surface area contributed by atoms with E-state index < -0.39 is 21.0 Å². The molecule has 28 heavy (non-hydrogen) atoms. The molecule has 1 saturated heterocycles. The van der Waals surface area contributed by atoms with Crippen molar-refractivity contribution in [1.29, 1.82) is 0 Å². The van der Waals surface area contributed by atoms with Crippen molar-refractivity contribution in [3.8, 4) is 0 Å². The lowest BCUT2D eigenvalue weighted by atomic mass is 9.89. The monoisotopic (exact) mass is 399 g/mol. The van der Waals surface area contributed by atoms with E-state index in [9.17, 15) is 18.5 Å². The number of fused-ring (bicyclic) bond motifs is 1. The zero-order valence-corrected chi connectivity index (χ0v) is 16.0. The van der Waals surface area contributed by atoms with Crippen molar-refractivity contribution < 1.29 is 13.3 Å². The van der Waals surface area contributed by atoms with Gasteiger partial charge in [-0.25, -0.2) is 13.1 Å². The van der Waals surface area contributed by atoms with Gasteiger partial charge in [-0.15, -0.1) is 0 Å². The molecular formula is C20H21N3O4S. The molecule has 2 aromatic rings.